The molecule has 4 rings (SSSR count). The highest BCUT2D eigenvalue weighted by molar-refractivity contribution is 7.16. The van der Waals surface area contributed by atoms with E-state index in [-0.39, 0.29) is 18.1 Å². The summed E-state index contributed by atoms with van der Waals surface area (Å²) in [7, 11) is 1.53. The summed E-state index contributed by atoms with van der Waals surface area (Å²) in [5, 5.41) is 13.7. The van der Waals surface area contributed by atoms with Gasteiger partial charge in [0.25, 0.3) is 0 Å². The Labute approximate surface area is 195 Å². The maximum Gasteiger partial charge on any atom is 0.229 e. The topological polar surface area (TPSA) is 65.4 Å². The molecule has 164 valence electrons. The Morgan fingerprint density at radius 3 is 2.91 bits per heavy atom. The molecule has 0 spiro atoms. The summed E-state index contributed by atoms with van der Waals surface area (Å²) in [6, 6.07) is 14.1. The SMILES string of the molecule is COc1cccc(CC(=O)Nc2sc3c(c2C#N)CN(Cc2cccc(F)c2)CC3)c1Cl. The molecule has 0 atom stereocenters. The van der Waals surface area contributed by atoms with Gasteiger partial charge in [0, 0.05) is 30.1 Å². The predicted molar refractivity (Wildman–Crippen MR) is 124 cm³/mol. The molecule has 32 heavy (non-hydrogen) atoms. The summed E-state index contributed by atoms with van der Waals surface area (Å²) in [5.41, 5.74) is 2.99. The highest BCUT2D eigenvalue weighted by Crippen LogP contribution is 2.37. The largest absolute Gasteiger partial charge is 0.495 e. The number of hydrogen-bond donors (Lipinski definition) is 1. The third kappa shape index (κ3) is 4.78. The van der Waals surface area contributed by atoms with Crippen molar-refractivity contribution in [2.24, 2.45) is 0 Å². The molecular formula is C24H21ClFN3O2S. The number of rotatable bonds is 6. The van der Waals surface area contributed by atoms with Gasteiger partial charge in [-0.05, 0) is 35.7 Å². The number of carbonyl (C=O) groups is 1. The fourth-order valence-electron chi connectivity index (χ4n) is 3.87. The van der Waals surface area contributed by atoms with E-state index in [1.165, 1.54) is 30.6 Å². The number of fused-ring (bicyclic) bond motifs is 1. The van der Waals surface area contributed by atoms with Crippen molar-refractivity contribution in [2.45, 2.75) is 25.9 Å². The van der Waals surface area contributed by atoms with Crippen LogP contribution in [0.1, 0.15) is 27.1 Å². The van der Waals surface area contributed by atoms with E-state index < -0.39 is 0 Å². The van der Waals surface area contributed by atoms with Crippen LogP contribution in [-0.2, 0) is 30.7 Å². The van der Waals surface area contributed by atoms with Crippen LogP contribution < -0.4 is 10.1 Å². The maximum atomic E-state index is 13.5. The fourth-order valence-corrected chi connectivity index (χ4v) is 5.31. The molecule has 5 nitrogen and oxygen atoms in total. The molecule has 2 heterocycles. The van der Waals surface area contributed by atoms with Gasteiger partial charge in [-0.15, -0.1) is 11.3 Å². The van der Waals surface area contributed by atoms with Crippen LogP contribution in [0.15, 0.2) is 42.5 Å². The molecule has 1 aliphatic heterocycles. The number of ether oxygens (including phenoxy) is 1. The minimum Gasteiger partial charge on any atom is -0.495 e. The Morgan fingerprint density at radius 2 is 2.16 bits per heavy atom. The van der Waals surface area contributed by atoms with Crippen LogP contribution in [0, 0.1) is 17.1 Å². The molecule has 0 bridgehead atoms. The summed E-state index contributed by atoms with van der Waals surface area (Å²) >= 11 is 7.75. The van der Waals surface area contributed by atoms with Crippen LogP contribution in [-0.4, -0.2) is 24.5 Å². The van der Waals surface area contributed by atoms with Crippen molar-refractivity contribution >= 4 is 33.8 Å². The number of nitriles is 1. The second kappa shape index (κ2) is 9.70. The van der Waals surface area contributed by atoms with Gasteiger partial charge in [-0.1, -0.05) is 35.9 Å². The van der Waals surface area contributed by atoms with Gasteiger partial charge in [0.2, 0.25) is 5.91 Å². The molecule has 0 saturated heterocycles. The lowest BCUT2D eigenvalue weighted by Crippen LogP contribution is -2.29. The minimum absolute atomic E-state index is 0.0785. The lowest BCUT2D eigenvalue weighted by molar-refractivity contribution is -0.115. The van der Waals surface area contributed by atoms with Crippen LogP contribution in [0.5, 0.6) is 5.75 Å². The number of methoxy groups -OCH3 is 1. The lowest BCUT2D eigenvalue weighted by Gasteiger charge is -2.27. The van der Waals surface area contributed by atoms with Gasteiger partial charge in [0.1, 0.15) is 22.6 Å². The number of halogens is 2. The first kappa shape index (κ1) is 22.3. The van der Waals surface area contributed by atoms with Gasteiger partial charge >= 0.3 is 0 Å². The summed E-state index contributed by atoms with van der Waals surface area (Å²) in [5.74, 6) is 0.0149. The van der Waals surface area contributed by atoms with Crippen molar-refractivity contribution in [3.63, 3.8) is 0 Å². The Bertz CT molecular complexity index is 1200. The van der Waals surface area contributed by atoms with Crippen LogP contribution in [0.2, 0.25) is 5.02 Å². The molecule has 8 heteroatoms. The normalized spacial score (nSPS) is 13.3. The van der Waals surface area contributed by atoms with Crippen LogP contribution in [0.25, 0.3) is 0 Å². The molecule has 1 aliphatic rings. The van der Waals surface area contributed by atoms with Crippen molar-refractivity contribution in [1.82, 2.24) is 4.90 Å². The van der Waals surface area contributed by atoms with Gasteiger partial charge in [-0.2, -0.15) is 5.26 Å². The summed E-state index contributed by atoms with van der Waals surface area (Å²) in [4.78, 5) is 16.0. The second-order valence-electron chi connectivity index (χ2n) is 7.57. The molecule has 0 saturated carbocycles. The number of nitrogens with zero attached hydrogens (tertiary/aromatic N) is 2. The number of amides is 1. The van der Waals surface area contributed by atoms with E-state index >= 15 is 0 Å². The molecular weight excluding hydrogens is 449 g/mol. The third-order valence-electron chi connectivity index (χ3n) is 5.40. The van der Waals surface area contributed by atoms with Crippen LogP contribution >= 0.6 is 22.9 Å². The zero-order chi connectivity index (χ0) is 22.7. The Kier molecular flexibility index (Phi) is 6.75. The number of carbonyl (C=O) groups excluding carboxylic acids is 1. The average molecular weight is 470 g/mol. The monoisotopic (exact) mass is 469 g/mol. The van der Waals surface area contributed by atoms with E-state index in [0.717, 1.165) is 29.0 Å². The van der Waals surface area contributed by atoms with Gasteiger partial charge in [-0.25, -0.2) is 4.39 Å². The molecule has 1 amide bonds. The minimum atomic E-state index is -0.255. The Hall–Kier alpha value is -2.92. The molecule has 3 aromatic rings. The predicted octanol–water partition coefficient (Wildman–Crippen LogP) is 5.16. The van der Waals surface area contributed by atoms with Crippen molar-refractivity contribution < 1.29 is 13.9 Å². The number of hydrogen-bond acceptors (Lipinski definition) is 5. The first-order chi connectivity index (χ1) is 15.5. The first-order valence-electron chi connectivity index (χ1n) is 10.1. The van der Waals surface area contributed by atoms with Crippen LogP contribution in [0.3, 0.4) is 0 Å². The standard InChI is InChI=1S/C24H21ClFN3O2S/c1-31-20-7-3-5-16(23(20)25)11-22(30)28-24-18(12-27)19-14-29(9-8-21(19)32-24)13-15-4-2-6-17(26)10-15/h2-7,10H,8-9,11,13-14H2,1H3,(H,28,30). The zero-order valence-electron chi connectivity index (χ0n) is 17.5. The molecule has 0 radical (unpaired) electrons. The fraction of sp³-hybridized carbons (Fsp3) is 0.250. The number of nitrogens with one attached hydrogen (secondary N) is 1. The zero-order valence-corrected chi connectivity index (χ0v) is 19.0. The quantitative estimate of drug-likeness (QED) is 0.541. The highest BCUT2D eigenvalue weighted by atomic mass is 35.5. The Morgan fingerprint density at radius 1 is 1.34 bits per heavy atom. The molecule has 1 aromatic heterocycles. The van der Waals surface area contributed by atoms with E-state index in [9.17, 15) is 14.4 Å². The molecule has 0 unspecified atom stereocenters. The lowest BCUT2D eigenvalue weighted by atomic mass is 10.0. The number of anilines is 1. The summed E-state index contributed by atoms with van der Waals surface area (Å²) in [6.45, 7) is 2.00. The van der Waals surface area contributed by atoms with Crippen molar-refractivity contribution in [2.75, 3.05) is 19.0 Å². The summed E-state index contributed by atoms with van der Waals surface area (Å²) < 4.78 is 18.7. The van der Waals surface area contributed by atoms with E-state index in [0.29, 0.717) is 40.0 Å². The Balaban J connectivity index is 1.48. The molecule has 1 N–H and O–H groups in total. The van der Waals surface area contributed by atoms with Crippen molar-refractivity contribution in [3.8, 4) is 11.8 Å². The van der Waals surface area contributed by atoms with E-state index in [1.807, 2.05) is 6.07 Å². The number of benzene rings is 2. The molecule has 0 fully saturated rings. The van der Waals surface area contributed by atoms with Crippen LogP contribution in [0.4, 0.5) is 9.39 Å². The van der Waals surface area contributed by atoms with Gasteiger partial charge in [0.05, 0.1) is 24.1 Å². The third-order valence-corrected chi connectivity index (χ3v) is 7.04. The summed E-state index contributed by atoms with van der Waals surface area (Å²) in [6.07, 6.45) is 0.858. The van der Waals surface area contributed by atoms with Gasteiger partial charge in [0.15, 0.2) is 0 Å². The second-order valence-corrected chi connectivity index (χ2v) is 9.05. The van der Waals surface area contributed by atoms with Crippen molar-refractivity contribution in [1.29, 1.82) is 5.26 Å². The molecule has 0 aliphatic carbocycles. The average Bonchev–Trinajstić information content (AvgIpc) is 3.11. The first-order valence-corrected chi connectivity index (χ1v) is 11.3. The maximum absolute atomic E-state index is 13.5. The van der Waals surface area contributed by atoms with E-state index in [1.54, 1.807) is 24.3 Å². The van der Waals surface area contributed by atoms with Gasteiger partial charge in [-0.3, -0.25) is 9.69 Å². The van der Waals surface area contributed by atoms with Gasteiger partial charge < -0.3 is 10.1 Å². The smallest absolute Gasteiger partial charge is 0.229 e. The van der Waals surface area contributed by atoms with E-state index in [2.05, 4.69) is 16.3 Å². The highest BCUT2D eigenvalue weighted by Gasteiger charge is 2.25. The molecule has 2 aromatic carbocycles. The van der Waals surface area contributed by atoms with Crippen molar-refractivity contribution in [3.05, 3.63) is 80.4 Å². The number of thiophene rings is 1. The van der Waals surface area contributed by atoms with E-state index in [4.69, 9.17) is 16.3 Å².